The van der Waals surface area contributed by atoms with Gasteiger partial charge in [0.15, 0.2) is 0 Å². The molecule has 0 aliphatic heterocycles. The predicted molar refractivity (Wildman–Crippen MR) is 66.6 cm³/mol. The summed E-state index contributed by atoms with van der Waals surface area (Å²) in [6.07, 6.45) is 2.18. The average molecular weight is 264 g/mol. The van der Waals surface area contributed by atoms with Gasteiger partial charge in [-0.05, 0) is 18.2 Å². The van der Waals surface area contributed by atoms with Gasteiger partial charge in [0.1, 0.15) is 18.0 Å². The Morgan fingerprint density at radius 3 is 2.95 bits per heavy atom. The average Bonchev–Trinajstić information content (AvgIpc) is 2.77. The number of benzene rings is 1. The van der Waals surface area contributed by atoms with Crippen LogP contribution in [-0.4, -0.2) is 32.4 Å². The van der Waals surface area contributed by atoms with E-state index >= 15 is 0 Å². The topological polar surface area (TPSA) is 80.0 Å². The normalized spacial score (nSPS) is 10.4. The van der Waals surface area contributed by atoms with E-state index in [2.05, 4.69) is 15.5 Å². The van der Waals surface area contributed by atoms with Crippen LogP contribution in [0, 0.1) is 5.82 Å². The molecular weight excluding hydrogens is 251 g/mol. The molecule has 2 rings (SSSR count). The van der Waals surface area contributed by atoms with Crippen molar-refractivity contribution >= 4 is 11.7 Å². The Balaban J connectivity index is 2.03. The molecule has 0 atom stereocenters. The van der Waals surface area contributed by atoms with Gasteiger partial charge in [0.25, 0.3) is 0 Å². The van der Waals surface area contributed by atoms with Gasteiger partial charge >= 0.3 is 5.97 Å². The van der Waals surface area contributed by atoms with Gasteiger partial charge in [0.2, 0.25) is 0 Å². The Bertz CT molecular complexity index is 597. The van der Waals surface area contributed by atoms with Crippen LogP contribution >= 0.6 is 0 Å². The van der Waals surface area contributed by atoms with E-state index in [0.717, 1.165) is 11.9 Å². The number of aromatic carboxylic acids is 1. The Morgan fingerprint density at radius 2 is 2.32 bits per heavy atom. The van der Waals surface area contributed by atoms with Crippen LogP contribution in [0.15, 0.2) is 24.5 Å². The number of carboxylic acids is 1. The van der Waals surface area contributed by atoms with Gasteiger partial charge in [-0.25, -0.2) is 9.18 Å². The highest BCUT2D eigenvalue weighted by Crippen LogP contribution is 2.17. The minimum atomic E-state index is -1.17. The van der Waals surface area contributed by atoms with Crippen molar-refractivity contribution in [2.45, 2.75) is 6.42 Å². The number of hydrogen-bond donors (Lipinski definition) is 2. The maximum atomic E-state index is 13.0. The van der Waals surface area contributed by atoms with Crippen LogP contribution in [0.1, 0.15) is 16.2 Å². The van der Waals surface area contributed by atoms with E-state index in [4.69, 9.17) is 5.11 Å². The second-order valence-electron chi connectivity index (χ2n) is 4.03. The highest BCUT2D eigenvalue weighted by molar-refractivity contribution is 5.94. The lowest BCUT2D eigenvalue weighted by atomic mass is 10.1. The van der Waals surface area contributed by atoms with Crippen LogP contribution in [0.2, 0.25) is 0 Å². The number of carbonyl (C=O) groups is 1. The molecule has 0 fully saturated rings. The van der Waals surface area contributed by atoms with Crippen molar-refractivity contribution in [3.05, 3.63) is 41.7 Å². The van der Waals surface area contributed by atoms with Gasteiger partial charge < -0.3 is 15.0 Å². The Morgan fingerprint density at radius 1 is 1.53 bits per heavy atom. The highest BCUT2D eigenvalue weighted by Gasteiger charge is 2.11. The van der Waals surface area contributed by atoms with E-state index < -0.39 is 11.8 Å². The van der Waals surface area contributed by atoms with Crippen molar-refractivity contribution < 1.29 is 14.3 Å². The van der Waals surface area contributed by atoms with Crippen molar-refractivity contribution in [1.82, 2.24) is 14.8 Å². The molecule has 0 aliphatic carbocycles. The van der Waals surface area contributed by atoms with E-state index in [1.165, 1.54) is 12.1 Å². The molecule has 0 aliphatic rings. The number of nitrogens with zero attached hydrogens (tertiary/aromatic N) is 3. The summed E-state index contributed by atoms with van der Waals surface area (Å²) in [6.45, 7) is 0.485. The molecule has 2 aromatic rings. The zero-order valence-corrected chi connectivity index (χ0v) is 10.3. The molecule has 0 saturated heterocycles. The van der Waals surface area contributed by atoms with Crippen LogP contribution in [0.4, 0.5) is 10.1 Å². The van der Waals surface area contributed by atoms with Crippen molar-refractivity contribution in [1.29, 1.82) is 0 Å². The minimum Gasteiger partial charge on any atom is -0.478 e. The lowest BCUT2D eigenvalue weighted by molar-refractivity contribution is 0.0697. The molecular formula is C12H13FN4O2. The third-order valence-corrected chi connectivity index (χ3v) is 2.68. The molecule has 0 amide bonds. The van der Waals surface area contributed by atoms with Crippen LogP contribution < -0.4 is 5.32 Å². The number of anilines is 1. The maximum Gasteiger partial charge on any atom is 0.337 e. The summed E-state index contributed by atoms with van der Waals surface area (Å²) < 4.78 is 14.8. The monoisotopic (exact) mass is 264 g/mol. The van der Waals surface area contributed by atoms with E-state index in [1.807, 2.05) is 7.05 Å². The molecule has 100 valence electrons. The number of nitrogens with one attached hydrogen (secondary N) is 1. The van der Waals surface area contributed by atoms with E-state index in [0.29, 0.717) is 18.7 Å². The Labute approximate surface area is 108 Å². The second-order valence-corrected chi connectivity index (χ2v) is 4.03. The Hall–Kier alpha value is -2.44. The third kappa shape index (κ3) is 3.06. The van der Waals surface area contributed by atoms with Crippen LogP contribution in [0.5, 0.6) is 0 Å². The lowest BCUT2D eigenvalue weighted by Crippen LogP contribution is -2.11. The second kappa shape index (κ2) is 5.47. The molecule has 19 heavy (non-hydrogen) atoms. The van der Waals surface area contributed by atoms with Crippen molar-refractivity contribution in [2.24, 2.45) is 7.05 Å². The quantitative estimate of drug-likeness (QED) is 0.851. The number of aryl methyl sites for hydroxylation is 1. The summed E-state index contributed by atoms with van der Waals surface area (Å²) in [4.78, 5) is 11.0. The lowest BCUT2D eigenvalue weighted by Gasteiger charge is -2.09. The first kappa shape index (κ1) is 13.0. The third-order valence-electron chi connectivity index (χ3n) is 2.68. The summed E-state index contributed by atoms with van der Waals surface area (Å²) in [5.74, 6) is -0.955. The van der Waals surface area contributed by atoms with Gasteiger partial charge in [0, 0.05) is 25.7 Å². The van der Waals surface area contributed by atoms with Gasteiger partial charge in [-0.3, -0.25) is 0 Å². The molecule has 0 spiro atoms. The summed E-state index contributed by atoms with van der Waals surface area (Å²) in [5, 5.41) is 19.6. The van der Waals surface area contributed by atoms with Crippen LogP contribution in [0.25, 0.3) is 0 Å². The molecule has 0 radical (unpaired) electrons. The van der Waals surface area contributed by atoms with Gasteiger partial charge in [-0.1, -0.05) is 0 Å². The number of carboxylic acid groups (broad SMARTS) is 1. The summed E-state index contributed by atoms with van der Waals surface area (Å²) in [5.41, 5.74) is 0.300. The Kier molecular flexibility index (Phi) is 3.74. The highest BCUT2D eigenvalue weighted by atomic mass is 19.1. The standard InChI is InChI=1S/C12H13FN4O2/c1-17-7-15-16-11(17)4-5-14-10-3-2-8(13)6-9(10)12(18)19/h2-3,6-7,14H,4-5H2,1H3,(H,18,19). The number of halogens is 1. The van der Waals surface area contributed by atoms with Gasteiger partial charge in [0.05, 0.1) is 5.56 Å². The first-order chi connectivity index (χ1) is 9.08. The van der Waals surface area contributed by atoms with Crippen LogP contribution in [0.3, 0.4) is 0 Å². The first-order valence-corrected chi connectivity index (χ1v) is 5.67. The molecule has 0 saturated carbocycles. The molecule has 0 bridgehead atoms. The summed E-state index contributed by atoms with van der Waals surface area (Å²) in [6, 6.07) is 3.62. The first-order valence-electron chi connectivity index (χ1n) is 5.67. The largest absolute Gasteiger partial charge is 0.478 e. The number of rotatable bonds is 5. The molecule has 0 unspecified atom stereocenters. The molecule has 1 aromatic heterocycles. The zero-order valence-electron chi connectivity index (χ0n) is 10.3. The van der Waals surface area contributed by atoms with E-state index in [1.54, 1.807) is 10.9 Å². The summed E-state index contributed by atoms with van der Waals surface area (Å²) >= 11 is 0. The van der Waals surface area contributed by atoms with Gasteiger partial charge in [-0.2, -0.15) is 0 Å². The molecule has 2 N–H and O–H groups in total. The maximum absolute atomic E-state index is 13.0. The SMILES string of the molecule is Cn1cnnc1CCNc1ccc(F)cc1C(=O)O. The zero-order chi connectivity index (χ0) is 13.8. The molecule has 6 nitrogen and oxygen atoms in total. The van der Waals surface area contributed by atoms with Crippen LogP contribution in [-0.2, 0) is 13.5 Å². The molecule has 1 aromatic carbocycles. The van der Waals surface area contributed by atoms with Crippen molar-refractivity contribution in [2.75, 3.05) is 11.9 Å². The fraction of sp³-hybridized carbons (Fsp3) is 0.250. The van der Waals surface area contributed by atoms with E-state index in [-0.39, 0.29) is 5.56 Å². The molecule has 7 heteroatoms. The summed E-state index contributed by atoms with van der Waals surface area (Å²) in [7, 11) is 1.83. The van der Waals surface area contributed by atoms with Crippen molar-refractivity contribution in [3.63, 3.8) is 0 Å². The van der Waals surface area contributed by atoms with Crippen molar-refractivity contribution in [3.8, 4) is 0 Å². The number of aromatic nitrogens is 3. The fourth-order valence-corrected chi connectivity index (χ4v) is 1.69. The number of hydrogen-bond acceptors (Lipinski definition) is 4. The van der Waals surface area contributed by atoms with E-state index in [9.17, 15) is 9.18 Å². The fourth-order valence-electron chi connectivity index (χ4n) is 1.69. The molecule has 1 heterocycles. The smallest absolute Gasteiger partial charge is 0.337 e. The minimum absolute atomic E-state index is 0.0852. The predicted octanol–water partition coefficient (Wildman–Crippen LogP) is 1.31. The van der Waals surface area contributed by atoms with Gasteiger partial charge in [-0.15, -0.1) is 10.2 Å².